The summed E-state index contributed by atoms with van der Waals surface area (Å²) in [4.78, 5) is 36.3. The lowest BCUT2D eigenvalue weighted by molar-refractivity contribution is -0.143. The average molecular weight is 318 g/mol. The molecule has 1 aromatic rings. The lowest BCUT2D eigenvalue weighted by atomic mass is 10.1. The zero-order valence-electron chi connectivity index (χ0n) is 13.2. The van der Waals surface area contributed by atoms with Crippen molar-refractivity contribution in [2.75, 3.05) is 13.1 Å². The van der Waals surface area contributed by atoms with Crippen molar-refractivity contribution in [1.29, 1.82) is 0 Å². The summed E-state index contributed by atoms with van der Waals surface area (Å²) in [5, 5.41) is 11.7. The molecule has 0 bridgehead atoms. The smallest absolute Gasteiger partial charge is 0.326 e. The Morgan fingerprint density at radius 1 is 1.26 bits per heavy atom. The summed E-state index contributed by atoms with van der Waals surface area (Å²) in [5.41, 5.74) is 1.08. The molecule has 0 saturated heterocycles. The Kier molecular flexibility index (Phi) is 5.73. The van der Waals surface area contributed by atoms with Crippen LogP contribution in [-0.2, 0) is 20.8 Å². The minimum Gasteiger partial charge on any atom is -0.480 e. The average Bonchev–Trinajstić information content (AvgIpc) is 3.34. The van der Waals surface area contributed by atoms with Gasteiger partial charge in [0.15, 0.2) is 0 Å². The zero-order valence-corrected chi connectivity index (χ0v) is 13.2. The largest absolute Gasteiger partial charge is 0.480 e. The molecule has 0 spiro atoms. The number of benzene rings is 1. The summed E-state index contributed by atoms with van der Waals surface area (Å²) in [6.45, 7) is 1.72. The number of carboxylic acids is 1. The van der Waals surface area contributed by atoms with Gasteiger partial charge in [-0.05, 0) is 30.7 Å². The molecule has 0 aromatic heterocycles. The number of carboxylic acid groups (broad SMARTS) is 1. The van der Waals surface area contributed by atoms with E-state index in [2.05, 4.69) is 5.32 Å². The van der Waals surface area contributed by atoms with E-state index in [0.717, 1.165) is 18.4 Å². The number of nitrogens with zero attached hydrogens (tertiary/aromatic N) is 1. The second kappa shape index (κ2) is 7.76. The fraction of sp³-hybridized carbons (Fsp3) is 0.471. The molecule has 124 valence electrons. The first-order chi connectivity index (χ1) is 11.0. The lowest BCUT2D eigenvalue weighted by Gasteiger charge is -2.22. The molecule has 1 fully saturated rings. The van der Waals surface area contributed by atoms with E-state index in [1.54, 1.807) is 0 Å². The van der Waals surface area contributed by atoms with E-state index in [1.165, 1.54) is 11.8 Å². The molecule has 2 amide bonds. The van der Waals surface area contributed by atoms with E-state index in [9.17, 15) is 14.4 Å². The molecule has 23 heavy (non-hydrogen) atoms. The maximum atomic E-state index is 12.0. The molecule has 6 nitrogen and oxygen atoms in total. The summed E-state index contributed by atoms with van der Waals surface area (Å²) in [5.74, 6) is -1.62. The Morgan fingerprint density at radius 3 is 2.43 bits per heavy atom. The van der Waals surface area contributed by atoms with Crippen molar-refractivity contribution < 1.29 is 19.5 Å². The summed E-state index contributed by atoms with van der Waals surface area (Å²) < 4.78 is 0. The molecule has 0 aliphatic heterocycles. The van der Waals surface area contributed by atoms with E-state index in [0.29, 0.717) is 13.0 Å². The summed E-state index contributed by atoms with van der Waals surface area (Å²) >= 11 is 0. The Hall–Kier alpha value is -2.37. The maximum absolute atomic E-state index is 12.0. The molecular weight excluding hydrogens is 296 g/mol. The third-order valence-corrected chi connectivity index (χ3v) is 3.97. The van der Waals surface area contributed by atoms with Crippen molar-refractivity contribution >= 4 is 17.8 Å². The van der Waals surface area contributed by atoms with Gasteiger partial charge < -0.3 is 15.3 Å². The molecular formula is C17H22N2O4. The first-order valence-corrected chi connectivity index (χ1v) is 7.79. The molecule has 2 N–H and O–H groups in total. The molecule has 1 aliphatic carbocycles. The van der Waals surface area contributed by atoms with E-state index in [-0.39, 0.29) is 18.4 Å². The minimum absolute atomic E-state index is 0.0200. The zero-order chi connectivity index (χ0) is 16.8. The second-order valence-electron chi connectivity index (χ2n) is 5.90. The molecule has 1 saturated carbocycles. The molecule has 1 unspecified atom stereocenters. The van der Waals surface area contributed by atoms with Crippen molar-refractivity contribution in [2.45, 2.75) is 32.2 Å². The molecule has 1 atom stereocenters. The highest BCUT2D eigenvalue weighted by atomic mass is 16.4. The number of hydrogen-bond acceptors (Lipinski definition) is 3. The van der Waals surface area contributed by atoms with E-state index in [4.69, 9.17) is 5.11 Å². The normalized spacial score (nSPS) is 14.8. The van der Waals surface area contributed by atoms with Crippen LogP contribution in [0.25, 0.3) is 0 Å². The molecule has 1 aliphatic rings. The highest BCUT2D eigenvalue weighted by Gasteiger charge is 2.37. The Bertz CT molecular complexity index is 569. The van der Waals surface area contributed by atoms with Crippen LogP contribution >= 0.6 is 0 Å². The van der Waals surface area contributed by atoms with Crippen LogP contribution in [0.5, 0.6) is 0 Å². The predicted molar refractivity (Wildman–Crippen MR) is 84.7 cm³/mol. The van der Waals surface area contributed by atoms with Crippen molar-refractivity contribution in [3.05, 3.63) is 35.9 Å². The lowest BCUT2D eigenvalue weighted by Crippen LogP contribution is -2.47. The van der Waals surface area contributed by atoms with Gasteiger partial charge in [0.05, 0.1) is 6.54 Å². The van der Waals surface area contributed by atoms with Crippen LogP contribution in [0, 0.1) is 5.92 Å². The predicted octanol–water partition coefficient (Wildman–Crippen LogP) is 1.06. The number of carbonyl (C=O) groups excluding carboxylic acids is 2. The second-order valence-corrected chi connectivity index (χ2v) is 5.90. The highest BCUT2D eigenvalue weighted by Crippen LogP contribution is 2.32. The van der Waals surface area contributed by atoms with Crippen LogP contribution in [0.2, 0.25) is 0 Å². The van der Waals surface area contributed by atoms with Crippen LogP contribution in [0.3, 0.4) is 0 Å². The fourth-order valence-electron chi connectivity index (χ4n) is 2.46. The minimum atomic E-state index is -1.01. The standard InChI is InChI=1S/C17H22N2O4/c1-12(20)19(10-9-13-5-3-2-4-6-13)11-15(21)18-16(17(22)23)14-7-8-14/h2-6,14,16H,7-11H2,1H3,(H,18,21)(H,22,23). The summed E-state index contributed by atoms with van der Waals surface area (Å²) in [6.07, 6.45) is 2.29. The van der Waals surface area contributed by atoms with Crippen molar-refractivity contribution in [3.8, 4) is 0 Å². The van der Waals surface area contributed by atoms with Crippen LogP contribution in [-0.4, -0.2) is 46.9 Å². The Morgan fingerprint density at radius 2 is 1.91 bits per heavy atom. The third kappa shape index (κ3) is 5.39. The first kappa shape index (κ1) is 17.0. The summed E-state index contributed by atoms with van der Waals surface area (Å²) in [7, 11) is 0. The number of carbonyl (C=O) groups is 3. The number of rotatable bonds is 8. The van der Waals surface area contributed by atoms with E-state index < -0.39 is 17.9 Å². The topological polar surface area (TPSA) is 86.7 Å². The van der Waals surface area contributed by atoms with Gasteiger partial charge in [0, 0.05) is 13.5 Å². The molecule has 0 radical (unpaired) electrons. The number of amides is 2. The molecule has 6 heteroatoms. The van der Waals surface area contributed by atoms with Gasteiger partial charge >= 0.3 is 5.97 Å². The van der Waals surface area contributed by atoms with Gasteiger partial charge in [-0.25, -0.2) is 4.79 Å². The summed E-state index contributed by atoms with van der Waals surface area (Å²) in [6, 6.07) is 8.85. The van der Waals surface area contributed by atoms with Crippen molar-refractivity contribution in [1.82, 2.24) is 10.2 Å². The van der Waals surface area contributed by atoms with Crippen LogP contribution in [0.4, 0.5) is 0 Å². The van der Waals surface area contributed by atoms with Gasteiger partial charge in [-0.15, -0.1) is 0 Å². The Labute approximate surface area is 135 Å². The number of nitrogens with one attached hydrogen (secondary N) is 1. The molecule has 1 aromatic carbocycles. The van der Waals surface area contributed by atoms with Gasteiger partial charge in [0.1, 0.15) is 6.04 Å². The third-order valence-electron chi connectivity index (χ3n) is 3.97. The highest BCUT2D eigenvalue weighted by molar-refractivity contribution is 5.87. The molecule has 0 heterocycles. The number of hydrogen-bond donors (Lipinski definition) is 2. The first-order valence-electron chi connectivity index (χ1n) is 7.79. The van der Waals surface area contributed by atoms with Gasteiger partial charge in [0.25, 0.3) is 0 Å². The Balaban J connectivity index is 1.86. The van der Waals surface area contributed by atoms with Gasteiger partial charge in [0.2, 0.25) is 11.8 Å². The SMILES string of the molecule is CC(=O)N(CCc1ccccc1)CC(=O)NC(C(=O)O)C1CC1. The quantitative estimate of drug-likeness (QED) is 0.750. The van der Waals surface area contributed by atoms with E-state index in [1.807, 2.05) is 30.3 Å². The maximum Gasteiger partial charge on any atom is 0.326 e. The van der Waals surface area contributed by atoms with Crippen LogP contribution in [0.15, 0.2) is 30.3 Å². The molecule has 2 rings (SSSR count). The monoisotopic (exact) mass is 318 g/mol. The van der Waals surface area contributed by atoms with E-state index >= 15 is 0 Å². The van der Waals surface area contributed by atoms with Crippen molar-refractivity contribution in [3.63, 3.8) is 0 Å². The van der Waals surface area contributed by atoms with Gasteiger partial charge in [-0.2, -0.15) is 0 Å². The fourth-order valence-corrected chi connectivity index (χ4v) is 2.46. The van der Waals surface area contributed by atoms with Crippen LogP contribution in [0.1, 0.15) is 25.3 Å². The van der Waals surface area contributed by atoms with Crippen molar-refractivity contribution in [2.24, 2.45) is 5.92 Å². The van der Waals surface area contributed by atoms with Crippen LogP contribution < -0.4 is 5.32 Å². The van der Waals surface area contributed by atoms with Gasteiger partial charge in [-0.1, -0.05) is 30.3 Å². The van der Waals surface area contributed by atoms with Gasteiger partial charge in [-0.3, -0.25) is 9.59 Å². The number of aliphatic carboxylic acids is 1.